The van der Waals surface area contributed by atoms with E-state index in [-0.39, 0.29) is 18.0 Å². The minimum atomic E-state index is -3.02. The largest absolute Gasteiger partial charge is 0.491 e. The highest BCUT2D eigenvalue weighted by molar-refractivity contribution is 8.24. The Kier molecular flexibility index (Phi) is 4.02. The number of benzene rings is 1. The molecule has 0 unspecified atom stereocenters. The minimum absolute atomic E-state index is 0.120. The quantitative estimate of drug-likeness (QED) is 0.471. The lowest BCUT2D eigenvalue weighted by Gasteiger charge is -2.37. The first kappa shape index (κ1) is 18.0. The number of H-pyrrole nitrogens is 1. The Hall–Kier alpha value is -3.08. The van der Waals surface area contributed by atoms with Crippen molar-refractivity contribution in [3.8, 4) is 17.2 Å². The monoisotopic (exact) mass is 414 g/mol. The van der Waals surface area contributed by atoms with Crippen LogP contribution in [0.2, 0.25) is 0 Å². The van der Waals surface area contributed by atoms with Gasteiger partial charge in [-0.2, -0.15) is 10.6 Å². The Balaban J connectivity index is 1.81. The first-order chi connectivity index (χ1) is 14.0. The number of aromatic nitrogens is 4. The zero-order valence-corrected chi connectivity index (χ0v) is 16.3. The van der Waals surface area contributed by atoms with Crippen molar-refractivity contribution in [2.45, 2.75) is 11.8 Å². The van der Waals surface area contributed by atoms with Crippen LogP contribution >= 0.6 is 10.6 Å². The van der Waals surface area contributed by atoms with Crippen LogP contribution < -0.4 is 15.2 Å². The number of ether oxygens (including phenoxy) is 2. The topological polar surface area (TPSA) is 122 Å². The highest BCUT2D eigenvalue weighted by atomic mass is 32.3. The maximum atomic E-state index is 12.7. The number of hydrogen-bond donors (Lipinski definition) is 3. The number of fused-ring (bicyclic) bond motifs is 4. The lowest BCUT2D eigenvalue weighted by Crippen LogP contribution is -2.19. The van der Waals surface area contributed by atoms with Crippen LogP contribution in [-0.4, -0.2) is 47.6 Å². The predicted octanol–water partition coefficient (Wildman–Crippen LogP) is 3.16. The van der Waals surface area contributed by atoms with Gasteiger partial charge in [0.15, 0.2) is 11.4 Å². The molecule has 0 radical (unpaired) electrons. The summed E-state index contributed by atoms with van der Waals surface area (Å²) in [5.41, 5.74) is 1.65. The van der Waals surface area contributed by atoms with Crippen molar-refractivity contribution in [2.75, 3.05) is 19.0 Å². The number of aromatic amines is 1. The van der Waals surface area contributed by atoms with E-state index in [0.717, 1.165) is 0 Å². The number of nitrogens with one attached hydrogen (secondary N) is 1. The number of pyridine rings is 2. The standard InChI is InChI=1S/C19H18N4O5S/c1-2-27-14-5-6-20-18-16(14)23(19(24)22-18)11-3-4-13-12(9-11)17-15(10-21-13)28-7-8-29(17,25)26/h3-6,9-10,25-26H,2,7-8H2,1H3,(H,20,22,24). The van der Waals surface area contributed by atoms with Crippen LogP contribution in [0.15, 0.2) is 46.3 Å². The molecule has 3 aromatic heterocycles. The van der Waals surface area contributed by atoms with Crippen LogP contribution in [0.25, 0.3) is 27.8 Å². The summed E-state index contributed by atoms with van der Waals surface area (Å²) < 4.78 is 33.9. The zero-order chi connectivity index (χ0) is 20.2. The molecule has 4 aromatic rings. The van der Waals surface area contributed by atoms with Gasteiger partial charge in [-0.05, 0) is 25.1 Å². The van der Waals surface area contributed by atoms with E-state index in [1.165, 1.54) is 10.8 Å². The van der Waals surface area contributed by atoms with Crippen molar-refractivity contribution in [3.05, 3.63) is 47.1 Å². The van der Waals surface area contributed by atoms with Crippen LogP contribution in [0.5, 0.6) is 11.5 Å². The van der Waals surface area contributed by atoms with Crippen molar-refractivity contribution in [3.63, 3.8) is 0 Å². The van der Waals surface area contributed by atoms with Gasteiger partial charge in [0.25, 0.3) is 0 Å². The highest BCUT2D eigenvalue weighted by Crippen LogP contribution is 2.57. The van der Waals surface area contributed by atoms with Crippen LogP contribution in [0.1, 0.15) is 6.92 Å². The number of hydrogen-bond acceptors (Lipinski definition) is 7. The van der Waals surface area contributed by atoms with Gasteiger partial charge in [-0.15, -0.1) is 0 Å². The molecule has 150 valence electrons. The first-order valence-electron chi connectivity index (χ1n) is 9.04. The lowest BCUT2D eigenvalue weighted by molar-refractivity contribution is 0.311. The van der Waals surface area contributed by atoms with Crippen LogP contribution in [-0.2, 0) is 0 Å². The Morgan fingerprint density at radius 1 is 1.31 bits per heavy atom. The van der Waals surface area contributed by atoms with Gasteiger partial charge in [-0.3, -0.25) is 23.6 Å². The lowest BCUT2D eigenvalue weighted by atomic mass is 10.2. The predicted molar refractivity (Wildman–Crippen MR) is 110 cm³/mol. The Labute approximate surface area is 166 Å². The molecule has 0 aliphatic carbocycles. The third-order valence-electron chi connectivity index (χ3n) is 4.82. The molecule has 5 rings (SSSR count). The molecular weight excluding hydrogens is 396 g/mol. The van der Waals surface area contributed by atoms with E-state index in [1.807, 2.05) is 6.92 Å². The minimum Gasteiger partial charge on any atom is -0.491 e. The highest BCUT2D eigenvalue weighted by Gasteiger charge is 2.29. The van der Waals surface area contributed by atoms with Gasteiger partial charge < -0.3 is 9.47 Å². The van der Waals surface area contributed by atoms with Gasteiger partial charge in [-0.25, -0.2) is 9.78 Å². The molecule has 0 saturated carbocycles. The Morgan fingerprint density at radius 2 is 2.17 bits per heavy atom. The SMILES string of the molecule is CCOc1ccnc2[nH]c(=O)n(-c3ccc4ncc5c(c4c3)S(O)(O)CCO5)c12. The van der Waals surface area contributed by atoms with Crippen molar-refractivity contribution in [1.29, 1.82) is 0 Å². The fourth-order valence-corrected chi connectivity index (χ4v) is 5.08. The average Bonchev–Trinajstić information content (AvgIpc) is 3.04. The van der Waals surface area contributed by atoms with Gasteiger partial charge in [0, 0.05) is 17.6 Å². The molecule has 0 fully saturated rings. The fraction of sp³-hybridized carbons (Fsp3) is 0.211. The Bertz CT molecular complexity index is 1310. The molecule has 0 bridgehead atoms. The maximum Gasteiger partial charge on any atom is 0.332 e. The van der Waals surface area contributed by atoms with E-state index < -0.39 is 10.6 Å². The normalized spacial score (nSPS) is 16.4. The van der Waals surface area contributed by atoms with E-state index in [1.54, 1.807) is 30.5 Å². The van der Waals surface area contributed by atoms with Crippen LogP contribution in [0.3, 0.4) is 0 Å². The van der Waals surface area contributed by atoms with Crippen molar-refractivity contribution >= 4 is 32.7 Å². The second-order valence-corrected chi connectivity index (χ2v) is 8.73. The average molecular weight is 414 g/mol. The van der Waals surface area contributed by atoms with Gasteiger partial charge in [0.2, 0.25) is 0 Å². The van der Waals surface area contributed by atoms with Gasteiger partial charge in [0.1, 0.15) is 22.8 Å². The summed E-state index contributed by atoms with van der Waals surface area (Å²) in [6.45, 7) is 2.51. The second kappa shape index (κ2) is 6.48. The third kappa shape index (κ3) is 2.76. The summed E-state index contributed by atoms with van der Waals surface area (Å²) in [6.07, 6.45) is 3.07. The summed E-state index contributed by atoms with van der Waals surface area (Å²) in [6, 6.07) is 6.89. The molecule has 1 aliphatic rings. The molecule has 0 saturated heterocycles. The Morgan fingerprint density at radius 3 is 3.00 bits per heavy atom. The molecule has 0 atom stereocenters. The molecular formula is C19H18N4O5S. The first-order valence-corrected chi connectivity index (χ1v) is 10.8. The van der Waals surface area contributed by atoms with Crippen LogP contribution in [0.4, 0.5) is 0 Å². The van der Waals surface area contributed by atoms with Crippen molar-refractivity contribution in [2.24, 2.45) is 0 Å². The number of rotatable bonds is 3. The molecule has 4 heterocycles. The summed E-state index contributed by atoms with van der Waals surface area (Å²) in [4.78, 5) is 24.4. The zero-order valence-electron chi connectivity index (χ0n) is 15.5. The molecule has 1 aliphatic heterocycles. The molecule has 9 nitrogen and oxygen atoms in total. The summed E-state index contributed by atoms with van der Waals surface area (Å²) in [5, 5.41) is 0.530. The molecule has 29 heavy (non-hydrogen) atoms. The summed E-state index contributed by atoms with van der Waals surface area (Å²) in [7, 11) is -3.02. The van der Waals surface area contributed by atoms with Crippen molar-refractivity contribution in [1.82, 2.24) is 19.5 Å². The third-order valence-corrected chi connectivity index (χ3v) is 6.63. The molecule has 0 amide bonds. The van der Waals surface area contributed by atoms with E-state index >= 15 is 0 Å². The van der Waals surface area contributed by atoms with Gasteiger partial charge >= 0.3 is 5.69 Å². The number of nitrogens with zero attached hydrogens (tertiary/aromatic N) is 3. The molecule has 1 aromatic carbocycles. The maximum absolute atomic E-state index is 12.7. The van der Waals surface area contributed by atoms with E-state index in [0.29, 0.717) is 50.8 Å². The fourth-order valence-electron chi connectivity index (χ4n) is 3.61. The van der Waals surface area contributed by atoms with Gasteiger partial charge in [0.05, 0.1) is 29.8 Å². The summed E-state index contributed by atoms with van der Waals surface area (Å²) >= 11 is 0. The van der Waals surface area contributed by atoms with E-state index in [2.05, 4.69) is 15.0 Å². The van der Waals surface area contributed by atoms with Crippen molar-refractivity contribution < 1.29 is 18.6 Å². The smallest absolute Gasteiger partial charge is 0.332 e. The van der Waals surface area contributed by atoms with E-state index in [4.69, 9.17) is 9.47 Å². The summed E-state index contributed by atoms with van der Waals surface area (Å²) in [5.74, 6) is 0.995. The number of imidazole rings is 1. The molecule has 0 spiro atoms. The van der Waals surface area contributed by atoms with Gasteiger partial charge in [-0.1, -0.05) is 0 Å². The molecule has 10 heteroatoms. The molecule has 3 N–H and O–H groups in total. The van der Waals surface area contributed by atoms with E-state index in [9.17, 15) is 13.9 Å². The second-order valence-electron chi connectivity index (χ2n) is 6.58. The van der Waals surface area contributed by atoms with Crippen LogP contribution in [0, 0.1) is 0 Å².